The number of piperidine rings is 1. The topological polar surface area (TPSA) is 85.0 Å². The number of rotatable bonds is 3. The summed E-state index contributed by atoms with van der Waals surface area (Å²) in [5.74, 6) is 0.792. The molecule has 0 spiro atoms. The molecule has 2 aromatic rings. The van der Waals surface area contributed by atoms with Crippen LogP contribution in [0.1, 0.15) is 34.9 Å². The lowest BCUT2D eigenvalue weighted by Gasteiger charge is -2.32. The first-order chi connectivity index (χ1) is 10.2. The van der Waals surface area contributed by atoms with Crippen molar-refractivity contribution in [2.75, 3.05) is 18.0 Å². The van der Waals surface area contributed by atoms with Crippen molar-refractivity contribution in [2.45, 2.75) is 18.8 Å². The Labute approximate surface area is 123 Å². The normalized spacial score (nSPS) is 15.9. The summed E-state index contributed by atoms with van der Waals surface area (Å²) < 4.78 is 0. The van der Waals surface area contributed by atoms with Gasteiger partial charge in [0, 0.05) is 37.1 Å². The van der Waals surface area contributed by atoms with Crippen molar-refractivity contribution < 1.29 is 4.79 Å². The van der Waals surface area contributed by atoms with E-state index >= 15 is 0 Å². The predicted molar refractivity (Wildman–Crippen MR) is 79.0 cm³/mol. The van der Waals surface area contributed by atoms with E-state index in [0.717, 1.165) is 37.4 Å². The summed E-state index contributed by atoms with van der Waals surface area (Å²) in [6.07, 6.45) is 7.12. The molecule has 3 heterocycles. The van der Waals surface area contributed by atoms with Gasteiger partial charge in [0.2, 0.25) is 0 Å². The molecular weight excluding hydrogens is 266 g/mol. The molecular formula is C15H17N5O. The van der Waals surface area contributed by atoms with Crippen LogP contribution < -0.4 is 10.6 Å². The van der Waals surface area contributed by atoms with Gasteiger partial charge in [-0.15, -0.1) is 0 Å². The highest BCUT2D eigenvalue weighted by atomic mass is 16.1. The summed E-state index contributed by atoms with van der Waals surface area (Å²) in [5.41, 5.74) is 6.57. The van der Waals surface area contributed by atoms with Crippen molar-refractivity contribution in [1.29, 1.82) is 0 Å². The average Bonchev–Trinajstić information content (AvgIpc) is 2.56. The van der Waals surface area contributed by atoms with Crippen LogP contribution in [0.5, 0.6) is 0 Å². The van der Waals surface area contributed by atoms with E-state index in [9.17, 15) is 4.79 Å². The van der Waals surface area contributed by atoms with Crippen LogP contribution in [0, 0.1) is 0 Å². The molecule has 0 saturated carbocycles. The fraction of sp³-hybridized carbons (Fsp3) is 0.333. The molecule has 0 atom stereocenters. The van der Waals surface area contributed by atoms with Gasteiger partial charge in [-0.3, -0.25) is 9.78 Å². The Hall–Kier alpha value is -2.50. The van der Waals surface area contributed by atoms with Crippen molar-refractivity contribution >= 4 is 11.7 Å². The molecule has 0 bridgehead atoms. The highest BCUT2D eigenvalue weighted by molar-refractivity contribution is 5.90. The molecule has 1 saturated heterocycles. The molecule has 1 aliphatic rings. The number of aromatic nitrogens is 3. The minimum atomic E-state index is -0.478. The molecule has 2 N–H and O–H groups in total. The Morgan fingerprint density at radius 3 is 2.71 bits per heavy atom. The molecule has 3 rings (SSSR count). The number of primary amides is 1. The van der Waals surface area contributed by atoms with Gasteiger partial charge in [0.25, 0.3) is 5.91 Å². The van der Waals surface area contributed by atoms with Crippen molar-refractivity contribution in [3.8, 4) is 0 Å². The first kappa shape index (κ1) is 13.5. The minimum Gasteiger partial charge on any atom is -0.364 e. The molecule has 0 unspecified atom stereocenters. The zero-order valence-electron chi connectivity index (χ0n) is 11.6. The maximum Gasteiger partial charge on any atom is 0.267 e. The van der Waals surface area contributed by atoms with E-state index in [2.05, 4.69) is 19.9 Å². The molecule has 1 fully saturated rings. The lowest BCUT2D eigenvalue weighted by Crippen LogP contribution is -2.33. The molecule has 0 aliphatic carbocycles. The Balaban J connectivity index is 1.68. The number of carbonyl (C=O) groups is 1. The van der Waals surface area contributed by atoms with Crippen molar-refractivity contribution in [3.05, 3.63) is 48.2 Å². The third-order valence-corrected chi connectivity index (χ3v) is 3.81. The molecule has 1 aliphatic heterocycles. The first-order valence-electron chi connectivity index (χ1n) is 7.02. The van der Waals surface area contributed by atoms with Gasteiger partial charge in [-0.25, -0.2) is 9.97 Å². The number of hydrogen-bond acceptors (Lipinski definition) is 5. The SMILES string of the molecule is NC(=O)c1cccc(C2CCN(c3cnccn3)CC2)n1. The molecule has 6 heteroatoms. The monoisotopic (exact) mass is 283 g/mol. The quantitative estimate of drug-likeness (QED) is 0.919. The third-order valence-electron chi connectivity index (χ3n) is 3.81. The van der Waals surface area contributed by atoms with E-state index in [0.29, 0.717) is 11.6 Å². The van der Waals surface area contributed by atoms with Gasteiger partial charge in [0.05, 0.1) is 6.20 Å². The summed E-state index contributed by atoms with van der Waals surface area (Å²) >= 11 is 0. The van der Waals surface area contributed by atoms with Gasteiger partial charge in [0.15, 0.2) is 0 Å². The number of nitrogens with zero attached hydrogens (tertiary/aromatic N) is 4. The summed E-state index contributed by atoms with van der Waals surface area (Å²) in [6.45, 7) is 1.82. The maximum atomic E-state index is 11.2. The van der Waals surface area contributed by atoms with Gasteiger partial charge < -0.3 is 10.6 Å². The van der Waals surface area contributed by atoms with E-state index in [4.69, 9.17) is 5.73 Å². The number of hydrogen-bond donors (Lipinski definition) is 1. The van der Waals surface area contributed by atoms with Crippen LogP contribution in [0.15, 0.2) is 36.8 Å². The van der Waals surface area contributed by atoms with E-state index in [1.54, 1.807) is 24.7 Å². The fourth-order valence-corrected chi connectivity index (χ4v) is 2.67. The number of carbonyl (C=O) groups excluding carboxylic acids is 1. The number of pyridine rings is 1. The van der Waals surface area contributed by atoms with Gasteiger partial charge >= 0.3 is 0 Å². The maximum absolute atomic E-state index is 11.2. The van der Waals surface area contributed by atoms with Crippen molar-refractivity contribution in [1.82, 2.24) is 15.0 Å². The van der Waals surface area contributed by atoms with Gasteiger partial charge in [-0.1, -0.05) is 6.07 Å². The van der Waals surface area contributed by atoms with E-state index in [1.165, 1.54) is 0 Å². The van der Waals surface area contributed by atoms with Gasteiger partial charge in [-0.2, -0.15) is 0 Å². The average molecular weight is 283 g/mol. The van der Waals surface area contributed by atoms with Crippen molar-refractivity contribution in [3.63, 3.8) is 0 Å². The molecule has 0 aromatic carbocycles. The zero-order valence-corrected chi connectivity index (χ0v) is 11.6. The number of amides is 1. The van der Waals surface area contributed by atoms with E-state index in [-0.39, 0.29) is 0 Å². The lowest BCUT2D eigenvalue weighted by molar-refractivity contribution is 0.0995. The smallest absolute Gasteiger partial charge is 0.267 e. The Morgan fingerprint density at radius 1 is 1.24 bits per heavy atom. The third kappa shape index (κ3) is 2.99. The molecule has 108 valence electrons. The largest absolute Gasteiger partial charge is 0.364 e. The summed E-state index contributed by atoms with van der Waals surface area (Å²) in [6, 6.07) is 5.47. The van der Waals surface area contributed by atoms with Gasteiger partial charge in [0.1, 0.15) is 11.5 Å². The number of nitrogens with two attached hydrogens (primary N) is 1. The fourth-order valence-electron chi connectivity index (χ4n) is 2.67. The summed E-state index contributed by atoms with van der Waals surface area (Å²) in [5, 5.41) is 0. The van der Waals surface area contributed by atoms with E-state index in [1.807, 2.05) is 12.1 Å². The molecule has 1 amide bonds. The Bertz CT molecular complexity index is 623. The summed E-state index contributed by atoms with van der Waals surface area (Å²) in [7, 11) is 0. The van der Waals surface area contributed by atoms with Crippen molar-refractivity contribution in [2.24, 2.45) is 5.73 Å². The van der Waals surface area contributed by atoms with Crippen LogP contribution in [0.4, 0.5) is 5.82 Å². The second-order valence-corrected chi connectivity index (χ2v) is 5.14. The minimum absolute atomic E-state index is 0.337. The van der Waals surface area contributed by atoms with Gasteiger partial charge in [-0.05, 0) is 25.0 Å². The van der Waals surface area contributed by atoms with Crippen LogP contribution >= 0.6 is 0 Å². The lowest BCUT2D eigenvalue weighted by atomic mass is 9.93. The predicted octanol–water partition coefficient (Wildman–Crippen LogP) is 1.35. The highest BCUT2D eigenvalue weighted by Crippen LogP contribution is 2.28. The molecule has 2 aromatic heterocycles. The van der Waals surface area contributed by atoms with E-state index < -0.39 is 5.91 Å². The molecule has 6 nitrogen and oxygen atoms in total. The second-order valence-electron chi connectivity index (χ2n) is 5.14. The summed E-state index contributed by atoms with van der Waals surface area (Å²) in [4.78, 5) is 26.2. The number of anilines is 1. The zero-order chi connectivity index (χ0) is 14.7. The Kier molecular flexibility index (Phi) is 3.77. The first-order valence-corrected chi connectivity index (χ1v) is 7.02. The Morgan fingerprint density at radius 2 is 2.05 bits per heavy atom. The van der Waals surface area contributed by atoms with Crippen LogP contribution in [0.25, 0.3) is 0 Å². The second kappa shape index (κ2) is 5.87. The molecule has 0 radical (unpaired) electrons. The van der Waals surface area contributed by atoms with Crippen LogP contribution in [0.3, 0.4) is 0 Å². The van der Waals surface area contributed by atoms with Crippen LogP contribution in [-0.4, -0.2) is 33.9 Å². The van der Waals surface area contributed by atoms with Crippen LogP contribution in [0.2, 0.25) is 0 Å². The standard InChI is InChI=1S/C15H17N5O/c16-15(21)13-3-1-2-12(19-13)11-4-8-20(9-5-11)14-10-17-6-7-18-14/h1-3,6-7,10-11H,4-5,8-9H2,(H2,16,21). The van der Waals surface area contributed by atoms with Crippen LogP contribution in [-0.2, 0) is 0 Å². The highest BCUT2D eigenvalue weighted by Gasteiger charge is 2.22. The molecule has 21 heavy (non-hydrogen) atoms.